The van der Waals surface area contributed by atoms with E-state index < -0.39 is 24.9 Å². The van der Waals surface area contributed by atoms with Crippen LogP contribution in [0.3, 0.4) is 0 Å². The molecule has 2 aliphatic carbocycles. The van der Waals surface area contributed by atoms with E-state index in [0.717, 1.165) is 74.2 Å². The molecule has 0 aromatic rings. The Labute approximate surface area is 345 Å². The standard InChI is InChI=1S/C19H35O6P2.C19H40O4P3.3H2O/c1-17(2)11-8-6-5-7-9-12-18(3)13-10-14-19(4)15-16-24-26(20)25-27(21,22)23;1-14(11-13-22-26(20,21)23-25-24)7-9-16-15(2)8-10-18-17(16)6-5-12-19(18,3)4;;;/h5,7,11,13,15,20-23H,6,8-10,12,14,16H2,1-4H3;14-18,20-21,25H,5-13,24H2,1-4H3;3*1H2/q2*+1;;;/b7-5+,18-13+,19-15+;;;;/t;14-,15-,16+,17?,18?;;;/m.0.../s1. The molecule has 0 aromatic heterocycles. The van der Waals surface area contributed by atoms with Crippen molar-refractivity contribution in [2.24, 2.45) is 35.0 Å². The van der Waals surface area contributed by atoms with Crippen LogP contribution in [0.4, 0.5) is 0 Å². The average Bonchev–Trinajstić information content (AvgIpc) is 3.03. The summed E-state index contributed by atoms with van der Waals surface area (Å²) in [5.41, 5.74) is 4.36. The van der Waals surface area contributed by atoms with E-state index in [2.05, 4.69) is 86.0 Å². The molecule has 2 fully saturated rings. The molecule has 0 heterocycles. The van der Waals surface area contributed by atoms with Gasteiger partial charge in [-0.15, -0.1) is 4.31 Å². The van der Waals surface area contributed by atoms with Gasteiger partial charge in [-0.3, -0.25) is 0 Å². The number of hydrogen-bond acceptors (Lipinski definition) is 10. The second-order valence-electron chi connectivity index (χ2n) is 16.0. The van der Waals surface area contributed by atoms with Crippen LogP contribution in [0.5, 0.6) is 0 Å². The normalized spacial score (nSPS) is 22.6. The SMILES string of the molecule is CC(C)=CCC/C=C/CC/C(C)=C/CC/C(C)=C/COP(O)O[P+](O)(O)O.C[C@H](CCO[P+](O)(O)OPP)CC[C@H]1C2CCCC(C)(C)C2CC[C@@H]1C.O.O.O. The molecule has 13 nitrogen and oxygen atoms in total. The van der Waals surface area contributed by atoms with Gasteiger partial charge in [0, 0.05) is 0 Å². The Morgan fingerprint density at radius 3 is 2.12 bits per heavy atom. The highest BCUT2D eigenvalue weighted by atomic mass is 32.0. The molecular weight excluding hydrogens is 819 g/mol. The lowest BCUT2D eigenvalue weighted by atomic mass is 9.53. The quantitative estimate of drug-likeness (QED) is 0.0322. The van der Waals surface area contributed by atoms with Crippen LogP contribution in [-0.4, -0.2) is 59.0 Å². The van der Waals surface area contributed by atoms with Crippen LogP contribution in [-0.2, 0) is 17.7 Å². The summed E-state index contributed by atoms with van der Waals surface area (Å²) in [6, 6.07) is 0. The molecule has 2 saturated carbocycles. The molecule has 56 heavy (non-hydrogen) atoms. The maximum absolute atomic E-state index is 9.59. The lowest BCUT2D eigenvalue weighted by molar-refractivity contribution is -0.0245. The van der Waals surface area contributed by atoms with Crippen molar-refractivity contribution in [1.29, 1.82) is 0 Å². The van der Waals surface area contributed by atoms with E-state index in [1.54, 1.807) is 6.08 Å². The zero-order valence-electron chi connectivity index (χ0n) is 35.3. The molecule has 334 valence electrons. The van der Waals surface area contributed by atoms with Gasteiger partial charge in [-0.2, -0.15) is 29.0 Å². The number of rotatable bonds is 23. The van der Waals surface area contributed by atoms with E-state index in [1.165, 1.54) is 56.1 Å². The monoisotopic (exact) mass is 900 g/mol. The minimum Gasteiger partial charge on any atom is -0.412 e. The first kappa shape index (κ1) is 60.9. The molecule has 0 bridgehead atoms. The molecule has 2 rings (SSSR count). The molecular formula is C38H81O13P5+2. The number of allylic oxidation sites excluding steroid dienone is 7. The first-order chi connectivity index (χ1) is 24.8. The highest BCUT2D eigenvalue weighted by Gasteiger charge is 2.46. The molecule has 0 amide bonds. The summed E-state index contributed by atoms with van der Waals surface area (Å²) in [5, 5.41) is 0. The predicted octanol–water partition coefficient (Wildman–Crippen LogP) is 9.54. The zero-order valence-corrected chi connectivity index (χ0v) is 40.2. The average molecular weight is 901 g/mol. The van der Waals surface area contributed by atoms with Crippen LogP contribution >= 0.6 is 42.4 Å². The molecule has 2 aliphatic rings. The van der Waals surface area contributed by atoms with Gasteiger partial charge >= 0.3 is 24.9 Å². The van der Waals surface area contributed by atoms with Gasteiger partial charge < -0.3 is 25.8 Å². The number of hydrogen-bond donors (Lipinski definition) is 6. The maximum atomic E-state index is 9.59. The molecule has 12 N–H and O–H groups in total. The Morgan fingerprint density at radius 2 is 1.50 bits per heavy atom. The Balaban J connectivity index is -0.000000952. The summed E-state index contributed by atoms with van der Waals surface area (Å²) in [6.45, 7) is 18.5. The van der Waals surface area contributed by atoms with Crippen LogP contribution in [0.15, 0.2) is 47.1 Å². The summed E-state index contributed by atoms with van der Waals surface area (Å²) in [6.07, 6.45) is 27.3. The van der Waals surface area contributed by atoms with Crippen molar-refractivity contribution in [3.63, 3.8) is 0 Å². The highest BCUT2D eigenvalue weighted by molar-refractivity contribution is 8.02. The van der Waals surface area contributed by atoms with E-state index in [1.807, 2.05) is 6.92 Å². The van der Waals surface area contributed by atoms with Crippen LogP contribution in [0.25, 0.3) is 0 Å². The minimum absolute atomic E-state index is 0. The van der Waals surface area contributed by atoms with Crippen molar-refractivity contribution in [2.75, 3.05) is 13.2 Å². The fourth-order valence-corrected chi connectivity index (χ4v) is 11.1. The van der Waals surface area contributed by atoms with E-state index in [4.69, 9.17) is 28.0 Å². The second kappa shape index (κ2) is 32.3. The topological polar surface area (TPSA) is 253 Å². The smallest absolute Gasteiger partial charge is 0.412 e. The third kappa shape index (κ3) is 28.9. The van der Waals surface area contributed by atoms with Crippen molar-refractivity contribution in [2.45, 2.75) is 145 Å². The molecule has 8 atom stereocenters. The van der Waals surface area contributed by atoms with Gasteiger partial charge in [0.15, 0.2) is 0 Å². The summed E-state index contributed by atoms with van der Waals surface area (Å²) in [7, 11) is -8.28. The molecule has 0 spiro atoms. The van der Waals surface area contributed by atoms with Crippen LogP contribution in [0.1, 0.15) is 145 Å². The zero-order chi connectivity index (χ0) is 40.1. The summed E-state index contributed by atoms with van der Waals surface area (Å²) in [5.74, 6) is 4.07. The lowest BCUT2D eigenvalue weighted by Gasteiger charge is -2.52. The van der Waals surface area contributed by atoms with E-state index in [-0.39, 0.29) is 31.5 Å². The fraction of sp³-hybridized carbons (Fsp3) is 0.789. The van der Waals surface area contributed by atoms with Gasteiger partial charge in [-0.05, 0) is 133 Å². The Bertz CT molecular complexity index is 1130. The van der Waals surface area contributed by atoms with Gasteiger partial charge in [0.25, 0.3) is 0 Å². The summed E-state index contributed by atoms with van der Waals surface area (Å²) < 4.78 is 19.0. The highest BCUT2D eigenvalue weighted by Crippen LogP contribution is 2.59. The molecule has 0 aromatic carbocycles. The van der Waals surface area contributed by atoms with Crippen molar-refractivity contribution in [1.82, 2.24) is 0 Å². The van der Waals surface area contributed by atoms with Gasteiger partial charge in [-0.1, -0.05) is 107 Å². The molecule has 18 heteroatoms. The van der Waals surface area contributed by atoms with Crippen LogP contribution < -0.4 is 0 Å². The van der Waals surface area contributed by atoms with Gasteiger partial charge in [0.2, 0.25) is 0 Å². The van der Waals surface area contributed by atoms with Crippen molar-refractivity contribution < 1.29 is 63.5 Å². The fourth-order valence-electron chi connectivity index (χ4n) is 7.67. The van der Waals surface area contributed by atoms with Crippen molar-refractivity contribution in [3.05, 3.63) is 47.1 Å². The van der Waals surface area contributed by atoms with Crippen molar-refractivity contribution >= 4 is 42.4 Å². The van der Waals surface area contributed by atoms with E-state index in [0.29, 0.717) is 17.9 Å². The Hall–Kier alpha value is 0.590. The van der Waals surface area contributed by atoms with E-state index in [9.17, 15) is 14.7 Å². The molecule has 5 unspecified atom stereocenters. The third-order valence-corrected chi connectivity index (χ3v) is 15.4. The molecule has 0 aliphatic heterocycles. The number of unbranched alkanes of at least 4 members (excludes halogenated alkanes) is 1. The van der Waals surface area contributed by atoms with Crippen LogP contribution in [0.2, 0.25) is 0 Å². The van der Waals surface area contributed by atoms with Gasteiger partial charge in [0.1, 0.15) is 6.61 Å². The molecule has 0 radical (unpaired) electrons. The van der Waals surface area contributed by atoms with Gasteiger partial charge in [0.05, 0.1) is 15.1 Å². The van der Waals surface area contributed by atoms with Crippen LogP contribution in [0, 0.1) is 35.0 Å². The number of fused-ring (bicyclic) bond motifs is 1. The first-order valence-electron chi connectivity index (χ1n) is 19.4. The first-order valence-corrected chi connectivity index (χ1v) is 26.3. The maximum Gasteiger partial charge on any atom is 0.575 e. The molecule has 0 saturated heterocycles. The van der Waals surface area contributed by atoms with Gasteiger partial charge in [-0.25, -0.2) is 0 Å². The predicted molar refractivity (Wildman–Crippen MR) is 240 cm³/mol. The minimum atomic E-state index is -4.47. The summed E-state index contributed by atoms with van der Waals surface area (Å²) in [4.78, 5) is 54.4. The summed E-state index contributed by atoms with van der Waals surface area (Å²) >= 11 is 0. The van der Waals surface area contributed by atoms with Crippen molar-refractivity contribution in [3.8, 4) is 0 Å². The van der Waals surface area contributed by atoms with E-state index >= 15 is 0 Å². The Kier molecular flexibility index (Phi) is 35.1. The largest absolute Gasteiger partial charge is 0.575 e. The lowest BCUT2D eigenvalue weighted by Crippen LogP contribution is -2.43. The third-order valence-electron chi connectivity index (χ3n) is 10.7. The Morgan fingerprint density at radius 1 is 0.875 bits per heavy atom. The second-order valence-corrected chi connectivity index (χ2v) is 21.3.